The second-order valence-electron chi connectivity index (χ2n) is 11.8. The first kappa shape index (κ1) is 33.6. The molecule has 0 aliphatic heterocycles. The molecule has 0 saturated heterocycles. The number of anilines is 2. The van der Waals surface area contributed by atoms with Gasteiger partial charge in [-0.1, -0.05) is 62.4 Å². The Balaban J connectivity index is 1.39. The Labute approximate surface area is 275 Å². The number of benzene rings is 3. The Bertz CT molecular complexity index is 1860. The molecule has 48 heavy (non-hydrogen) atoms. The van der Waals surface area contributed by atoms with E-state index >= 15 is 4.39 Å². The van der Waals surface area contributed by atoms with E-state index < -0.39 is 29.3 Å². The summed E-state index contributed by atoms with van der Waals surface area (Å²) in [7, 11) is 0. The fraction of sp³-hybridized carbons (Fsp3) is 0.222. The van der Waals surface area contributed by atoms with Gasteiger partial charge in [0.1, 0.15) is 0 Å². The monoisotopic (exact) mass is 650 g/mol. The van der Waals surface area contributed by atoms with E-state index in [0.717, 1.165) is 0 Å². The number of halogens is 1. The molecule has 2 heterocycles. The van der Waals surface area contributed by atoms with Crippen LogP contribution >= 0.6 is 0 Å². The highest BCUT2D eigenvalue weighted by Crippen LogP contribution is 2.33. The number of carbonyl (C=O) groups excluding carboxylic acids is 4. The average molecular weight is 651 g/mol. The van der Waals surface area contributed by atoms with Gasteiger partial charge in [-0.2, -0.15) is 0 Å². The molecular formula is C36H35FN6O5. The predicted molar refractivity (Wildman–Crippen MR) is 180 cm³/mol. The number of rotatable bonds is 12. The second-order valence-corrected chi connectivity index (χ2v) is 11.8. The Hall–Kier alpha value is -5.75. The molecule has 5 N–H and O–H groups in total. The van der Waals surface area contributed by atoms with Gasteiger partial charge in [0.15, 0.2) is 0 Å². The van der Waals surface area contributed by atoms with Gasteiger partial charge in [-0.3, -0.25) is 34.4 Å². The topological polar surface area (TPSA) is 162 Å². The van der Waals surface area contributed by atoms with Crippen molar-refractivity contribution in [2.24, 2.45) is 11.8 Å². The molecule has 0 saturated carbocycles. The van der Waals surface area contributed by atoms with E-state index in [9.17, 15) is 19.2 Å². The van der Waals surface area contributed by atoms with Crippen molar-refractivity contribution < 1.29 is 28.8 Å². The smallest absolute Gasteiger partial charge is 0.291 e. The third kappa shape index (κ3) is 7.45. The molecule has 0 fully saturated rings. The van der Waals surface area contributed by atoms with Gasteiger partial charge in [-0.05, 0) is 54.7 Å². The van der Waals surface area contributed by atoms with Crippen molar-refractivity contribution in [2.75, 3.05) is 17.2 Å². The maximum atomic E-state index is 17.3. The lowest BCUT2D eigenvalue weighted by Crippen LogP contribution is -2.46. The number of nitrogens with zero attached hydrogens (tertiary/aromatic N) is 2. The minimum Gasteiger partial charge on any atom is -0.352 e. The van der Waals surface area contributed by atoms with Crippen LogP contribution in [0.15, 0.2) is 97.3 Å². The van der Waals surface area contributed by atoms with Gasteiger partial charge >= 0.3 is 0 Å². The van der Waals surface area contributed by atoms with Crippen LogP contribution in [0.4, 0.5) is 15.8 Å². The fourth-order valence-electron chi connectivity index (χ4n) is 5.63. The standard InChI is InChI=1S/C36H35FN6O5/c1-22(20-30(44)43-48)19-23(2)21-40-33(45)26-13-15-27(16-14-26)36(37,34(46)41-28-11-3-7-24-9-5-17-38-31(24)28)35(47)42-29-12-4-8-25-10-6-18-39-32(25)29/h3-18,22-23,48H,19-21H2,1-2H3,(H,40,45)(H,41,46)(H,42,47)(H,43,44). The third-order valence-electron chi connectivity index (χ3n) is 8.01. The SMILES string of the molecule is CC(CNC(=O)c1ccc(C(F)(C(=O)Nc2cccc3cccnc23)C(=O)Nc2cccc3cccnc23)cc1)CC(C)CC(=O)NO. The second kappa shape index (κ2) is 14.8. The molecule has 3 aromatic carbocycles. The van der Waals surface area contributed by atoms with E-state index in [2.05, 4.69) is 25.9 Å². The summed E-state index contributed by atoms with van der Waals surface area (Å²) in [6, 6.07) is 22.3. The van der Waals surface area contributed by atoms with Crippen LogP contribution in [0.3, 0.4) is 0 Å². The molecule has 2 unspecified atom stereocenters. The molecule has 5 rings (SSSR count). The lowest BCUT2D eigenvalue weighted by molar-refractivity contribution is -0.140. The molecule has 0 aliphatic carbocycles. The molecular weight excluding hydrogens is 615 g/mol. The van der Waals surface area contributed by atoms with Crippen molar-refractivity contribution in [2.45, 2.75) is 32.4 Å². The number of hydrogen-bond donors (Lipinski definition) is 5. The van der Waals surface area contributed by atoms with E-state index in [0.29, 0.717) is 34.8 Å². The molecule has 0 radical (unpaired) electrons. The summed E-state index contributed by atoms with van der Waals surface area (Å²) in [4.78, 5) is 60.6. The first-order valence-electron chi connectivity index (χ1n) is 15.4. The Morgan fingerprint density at radius 2 is 1.27 bits per heavy atom. The number of nitrogens with one attached hydrogen (secondary N) is 4. The summed E-state index contributed by atoms with van der Waals surface area (Å²) >= 11 is 0. The predicted octanol–water partition coefficient (Wildman–Crippen LogP) is 5.51. The quantitative estimate of drug-likeness (QED) is 0.0675. The summed E-state index contributed by atoms with van der Waals surface area (Å²) in [6.45, 7) is 4.10. The molecule has 2 aromatic heterocycles. The van der Waals surface area contributed by atoms with Crippen LogP contribution in [0.2, 0.25) is 0 Å². The van der Waals surface area contributed by atoms with E-state index in [-0.39, 0.29) is 40.8 Å². The van der Waals surface area contributed by atoms with E-state index in [4.69, 9.17) is 5.21 Å². The van der Waals surface area contributed by atoms with Crippen molar-refractivity contribution in [3.63, 3.8) is 0 Å². The molecule has 12 heteroatoms. The number of hydrogen-bond acceptors (Lipinski definition) is 7. The minimum absolute atomic E-state index is 0.0207. The number of fused-ring (bicyclic) bond motifs is 2. The van der Waals surface area contributed by atoms with Crippen LogP contribution in [0.1, 0.15) is 42.6 Å². The summed E-state index contributed by atoms with van der Waals surface area (Å²) in [5, 5.41) is 18.1. The minimum atomic E-state index is -3.24. The highest BCUT2D eigenvalue weighted by molar-refractivity contribution is 6.20. The van der Waals surface area contributed by atoms with Crippen molar-refractivity contribution in [3.05, 3.63) is 108 Å². The van der Waals surface area contributed by atoms with Gasteiger partial charge in [0.25, 0.3) is 23.4 Å². The fourth-order valence-corrected chi connectivity index (χ4v) is 5.63. The number of hydroxylamine groups is 1. The number of pyridine rings is 2. The first-order chi connectivity index (χ1) is 23.1. The van der Waals surface area contributed by atoms with Crippen LogP contribution in [0.25, 0.3) is 21.8 Å². The van der Waals surface area contributed by atoms with Gasteiger partial charge in [0.2, 0.25) is 5.91 Å². The molecule has 0 spiro atoms. The average Bonchev–Trinajstić information content (AvgIpc) is 3.10. The van der Waals surface area contributed by atoms with Crippen molar-refractivity contribution >= 4 is 56.8 Å². The largest absolute Gasteiger partial charge is 0.352 e. The van der Waals surface area contributed by atoms with Gasteiger partial charge in [-0.15, -0.1) is 0 Å². The van der Waals surface area contributed by atoms with Gasteiger partial charge in [0.05, 0.1) is 22.4 Å². The lowest BCUT2D eigenvalue weighted by Gasteiger charge is -2.25. The van der Waals surface area contributed by atoms with Crippen LogP contribution in [-0.4, -0.2) is 45.3 Å². The summed E-state index contributed by atoms with van der Waals surface area (Å²) < 4.78 is 17.3. The zero-order valence-corrected chi connectivity index (χ0v) is 26.4. The summed E-state index contributed by atoms with van der Waals surface area (Å²) in [5.41, 5.74) is -0.450. The van der Waals surface area contributed by atoms with Crippen LogP contribution < -0.4 is 21.4 Å². The highest BCUT2D eigenvalue weighted by Gasteiger charge is 2.49. The lowest BCUT2D eigenvalue weighted by atomic mass is 9.92. The number of para-hydroxylation sites is 2. The van der Waals surface area contributed by atoms with Gasteiger partial charge in [0, 0.05) is 47.3 Å². The maximum absolute atomic E-state index is 17.3. The zero-order chi connectivity index (χ0) is 34.3. The first-order valence-corrected chi connectivity index (χ1v) is 15.4. The van der Waals surface area contributed by atoms with Crippen LogP contribution in [0.5, 0.6) is 0 Å². The molecule has 246 valence electrons. The van der Waals surface area contributed by atoms with Gasteiger partial charge in [-0.25, -0.2) is 9.87 Å². The molecule has 2 atom stereocenters. The molecule has 11 nitrogen and oxygen atoms in total. The molecule has 0 aliphatic rings. The van der Waals surface area contributed by atoms with Crippen molar-refractivity contribution in [1.82, 2.24) is 20.8 Å². The highest BCUT2D eigenvalue weighted by atomic mass is 19.1. The number of alkyl halides is 1. The van der Waals surface area contributed by atoms with E-state index in [1.54, 1.807) is 78.5 Å². The summed E-state index contributed by atoms with van der Waals surface area (Å²) in [6.07, 6.45) is 3.86. The summed E-state index contributed by atoms with van der Waals surface area (Å²) in [5.74, 6) is -3.41. The van der Waals surface area contributed by atoms with Crippen LogP contribution in [0, 0.1) is 11.8 Å². The van der Waals surface area contributed by atoms with E-state index in [1.165, 1.54) is 24.3 Å². The zero-order valence-electron chi connectivity index (χ0n) is 26.4. The Kier molecular flexibility index (Phi) is 10.3. The maximum Gasteiger partial charge on any atom is 0.291 e. The molecule has 4 amide bonds. The van der Waals surface area contributed by atoms with Crippen LogP contribution in [-0.2, 0) is 20.1 Å². The van der Waals surface area contributed by atoms with E-state index in [1.807, 2.05) is 13.8 Å². The van der Waals surface area contributed by atoms with Gasteiger partial charge < -0.3 is 16.0 Å². The Morgan fingerprint density at radius 3 is 1.79 bits per heavy atom. The van der Waals surface area contributed by atoms with Crippen molar-refractivity contribution in [3.8, 4) is 0 Å². The number of aromatic nitrogens is 2. The van der Waals surface area contributed by atoms with Crippen molar-refractivity contribution in [1.29, 1.82) is 0 Å². The molecule has 5 aromatic rings. The number of amides is 4. The third-order valence-corrected chi connectivity index (χ3v) is 8.01. The normalized spacial score (nSPS) is 12.6. The Morgan fingerprint density at radius 1 is 0.750 bits per heavy atom. The number of carbonyl (C=O) groups is 4. The molecule has 0 bridgehead atoms.